The highest BCUT2D eigenvalue weighted by Crippen LogP contribution is 2.17. The number of nitrogen functional groups attached to an aromatic ring is 1. The summed E-state index contributed by atoms with van der Waals surface area (Å²) in [6.07, 6.45) is 0.739. The molecule has 0 fully saturated rings. The van der Waals surface area contributed by atoms with E-state index >= 15 is 0 Å². The van der Waals surface area contributed by atoms with E-state index in [-0.39, 0.29) is 5.91 Å². The molecule has 0 bridgehead atoms. The average Bonchev–Trinajstić information content (AvgIpc) is 2.37. The Kier molecular flexibility index (Phi) is 7.25. The Bertz CT molecular complexity index is 413. The van der Waals surface area contributed by atoms with E-state index in [0.717, 1.165) is 6.42 Å². The first-order valence-corrected chi connectivity index (χ1v) is 6.43. The maximum atomic E-state index is 11.8. The Hall–Kier alpha value is -1.30. The molecule has 0 aliphatic carbocycles. The Morgan fingerprint density at radius 3 is 2.84 bits per heavy atom. The lowest BCUT2D eigenvalue weighted by atomic mass is 10.1. The van der Waals surface area contributed by atoms with Gasteiger partial charge < -0.3 is 20.5 Å². The van der Waals surface area contributed by atoms with Crippen LogP contribution in [0.1, 0.15) is 16.8 Å². The van der Waals surface area contributed by atoms with E-state index in [1.165, 1.54) is 0 Å². The number of carbonyl (C=O) groups excluding carboxylic acids is 1. The van der Waals surface area contributed by atoms with Crippen LogP contribution in [-0.4, -0.2) is 39.4 Å². The maximum Gasteiger partial charge on any atom is 0.253 e. The van der Waals surface area contributed by atoms with Crippen molar-refractivity contribution in [1.29, 1.82) is 0 Å². The van der Waals surface area contributed by atoms with Crippen LogP contribution < -0.4 is 11.1 Å². The molecule has 106 valence electrons. The minimum absolute atomic E-state index is 0.203. The van der Waals surface area contributed by atoms with Gasteiger partial charge in [0.05, 0.1) is 18.8 Å². The molecule has 0 aliphatic rings. The van der Waals surface area contributed by atoms with Crippen molar-refractivity contribution in [2.24, 2.45) is 0 Å². The Morgan fingerprint density at radius 1 is 1.37 bits per heavy atom. The lowest BCUT2D eigenvalue weighted by molar-refractivity contribution is 0.0688. The van der Waals surface area contributed by atoms with E-state index in [2.05, 4.69) is 5.32 Å². The van der Waals surface area contributed by atoms with E-state index in [1.807, 2.05) is 0 Å². The van der Waals surface area contributed by atoms with E-state index in [1.54, 1.807) is 25.3 Å². The van der Waals surface area contributed by atoms with Crippen LogP contribution >= 0.6 is 11.6 Å². The van der Waals surface area contributed by atoms with E-state index in [4.69, 9.17) is 26.8 Å². The van der Waals surface area contributed by atoms with Crippen LogP contribution in [0.5, 0.6) is 0 Å². The van der Waals surface area contributed by atoms with Crippen molar-refractivity contribution in [1.82, 2.24) is 5.32 Å². The Balaban J connectivity index is 2.24. The summed E-state index contributed by atoms with van der Waals surface area (Å²) in [6.45, 7) is 2.26. The number of ether oxygens (including phenoxy) is 2. The molecular weight excluding hydrogens is 268 g/mol. The number of anilines is 1. The van der Waals surface area contributed by atoms with Gasteiger partial charge in [0.25, 0.3) is 5.91 Å². The molecule has 19 heavy (non-hydrogen) atoms. The molecule has 1 aromatic rings. The van der Waals surface area contributed by atoms with Gasteiger partial charge in [-0.1, -0.05) is 11.6 Å². The number of methoxy groups -OCH3 is 1. The predicted molar refractivity (Wildman–Crippen MR) is 75.5 cm³/mol. The summed E-state index contributed by atoms with van der Waals surface area (Å²) in [4.78, 5) is 11.8. The van der Waals surface area contributed by atoms with Crippen molar-refractivity contribution < 1.29 is 14.3 Å². The summed E-state index contributed by atoms with van der Waals surface area (Å²) >= 11 is 5.77. The Labute approximate surface area is 118 Å². The number of hydrogen-bond donors (Lipinski definition) is 2. The van der Waals surface area contributed by atoms with Gasteiger partial charge in [0.1, 0.15) is 0 Å². The second-order valence-electron chi connectivity index (χ2n) is 3.95. The van der Waals surface area contributed by atoms with Crippen molar-refractivity contribution in [3.63, 3.8) is 0 Å². The summed E-state index contributed by atoms with van der Waals surface area (Å²) in [7, 11) is 1.63. The highest BCUT2D eigenvalue weighted by atomic mass is 35.5. The molecule has 0 unspecified atom stereocenters. The third-order valence-corrected chi connectivity index (χ3v) is 2.68. The number of carbonyl (C=O) groups is 1. The third kappa shape index (κ3) is 5.92. The molecule has 1 amide bonds. The summed E-state index contributed by atoms with van der Waals surface area (Å²) in [5.74, 6) is -0.203. The molecule has 0 aliphatic heterocycles. The molecule has 5 nitrogen and oxygen atoms in total. The van der Waals surface area contributed by atoms with Crippen LogP contribution in [0, 0.1) is 0 Å². The molecule has 0 saturated heterocycles. The van der Waals surface area contributed by atoms with Crippen LogP contribution in [0.25, 0.3) is 0 Å². The van der Waals surface area contributed by atoms with Gasteiger partial charge in [-0.05, 0) is 24.6 Å². The standard InChI is InChI=1S/C13H19ClN2O3/c1-18-7-8-19-6-2-5-16-13(17)11-4-3-10(14)9-12(11)15/h3-4,9H,2,5-8,15H2,1H3,(H,16,17). The summed E-state index contributed by atoms with van der Waals surface area (Å²) < 4.78 is 10.1. The van der Waals surface area contributed by atoms with Gasteiger partial charge >= 0.3 is 0 Å². The molecule has 0 saturated carbocycles. The van der Waals surface area contributed by atoms with Crippen LogP contribution in [0.3, 0.4) is 0 Å². The number of nitrogens with one attached hydrogen (secondary N) is 1. The lowest BCUT2D eigenvalue weighted by Crippen LogP contribution is -2.26. The summed E-state index contributed by atoms with van der Waals surface area (Å²) in [6, 6.07) is 4.81. The first-order chi connectivity index (χ1) is 9.15. The topological polar surface area (TPSA) is 73.6 Å². The minimum Gasteiger partial charge on any atom is -0.398 e. The molecule has 0 aromatic heterocycles. The predicted octanol–water partition coefficient (Wildman–Crippen LogP) is 1.71. The SMILES string of the molecule is COCCOCCCNC(=O)c1ccc(Cl)cc1N. The van der Waals surface area contributed by atoms with E-state index in [9.17, 15) is 4.79 Å². The van der Waals surface area contributed by atoms with Crippen molar-refractivity contribution in [2.75, 3.05) is 39.2 Å². The van der Waals surface area contributed by atoms with Gasteiger partial charge in [-0.3, -0.25) is 4.79 Å². The fourth-order valence-electron chi connectivity index (χ4n) is 1.46. The van der Waals surface area contributed by atoms with Gasteiger partial charge in [-0.25, -0.2) is 0 Å². The van der Waals surface area contributed by atoms with Crippen LogP contribution in [0.15, 0.2) is 18.2 Å². The van der Waals surface area contributed by atoms with Gasteiger partial charge in [0.15, 0.2) is 0 Å². The molecule has 6 heteroatoms. The zero-order valence-corrected chi connectivity index (χ0v) is 11.7. The van der Waals surface area contributed by atoms with Crippen LogP contribution in [0.2, 0.25) is 5.02 Å². The third-order valence-electron chi connectivity index (χ3n) is 2.44. The van der Waals surface area contributed by atoms with Gasteiger partial charge in [-0.15, -0.1) is 0 Å². The van der Waals surface area contributed by atoms with Crippen molar-refractivity contribution in [3.05, 3.63) is 28.8 Å². The van der Waals surface area contributed by atoms with Crippen LogP contribution in [-0.2, 0) is 9.47 Å². The average molecular weight is 287 g/mol. The van der Waals surface area contributed by atoms with Crippen molar-refractivity contribution in [3.8, 4) is 0 Å². The lowest BCUT2D eigenvalue weighted by Gasteiger charge is -2.08. The van der Waals surface area contributed by atoms with Gasteiger partial charge in [-0.2, -0.15) is 0 Å². The van der Waals surface area contributed by atoms with Crippen molar-refractivity contribution >= 4 is 23.2 Å². The van der Waals surface area contributed by atoms with Gasteiger partial charge in [0.2, 0.25) is 0 Å². The highest BCUT2D eigenvalue weighted by Gasteiger charge is 2.08. The van der Waals surface area contributed by atoms with E-state index < -0.39 is 0 Å². The molecule has 3 N–H and O–H groups in total. The number of hydrogen-bond acceptors (Lipinski definition) is 4. The Morgan fingerprint density at radius 2 is 2.16 bits per heavy atom. The zero-order chi connectivity index (χ0) is 14.1. The number of benzene rings is 1. The molecule has 1 rings (SSSR count). The summed E-state index contributed by atoms with van der Waals surface area (Å²) in [5.41, 5.74) is 6.53. The maximum absolute atomic E-state index is 11.8. The number of nitrogens with two attached hydrogens (primary N) is 1. The fraction of sp³-hybridized carbons (Fsp3) is 0.462. The van der Waals surface area contributed by atoms with Crippen molar-refractivity contribution in [2.45, 2.75) is 6.42 Å². The number of halogens is 1. The molecule has 0 spiro atoms. The molecule has 1 aromatic carbocycles. The zero-order valence-electron chi connectivity index (χ0n) is 10.9. The fourth-order valence-corrected chi connectivity index (χ4v) is 1.64. The second-order valence-corrected chi connectivity index (χ2v) is 4.38. The molecular formula is C13H19ClN2O3. The molecule has 0 radical (unpaired) electrons. The monoisotopic (exact) mass is 286 g/mol. The largest absolute Gasteiger partial charge is 0.398 e. The van der Waals surface area contributed by atoms with Crippen LogP contribution in [0.4, 0.5) is 5.69 Å². The molecule has 0 atom stereocenters. The van der Waals surface area contributed by atoms with E-state index in [0.29, 0.717) is 42.6 Å². The minimum atomic E-state index is -0.203. The number of rotatable bonds is 8. The highest BCUT2D eigenvalue weighted by molar-refractivity contribution is 6.31. The second kappa shape index (κ2) is 8.74. The molecule has 0 heterocycles. The summed E-state index contributed by atoms with van der Waals surface area (Å²) in [5, 5.41) is 3.29. The smallest absolute Gasteiger partial charge is 0.253 e. The quantitative estimate of drug-likeness (QED) is 0.563. The van der Waals surface area contributed by atoms with Gasteiger partial charge in [0, 0.05) is 31.0 Å². The first kappa shape index (κ1) is 15.8. The first-order valence-electron chi connectivity index (χ1n) is 6.05. The number of amides is 1. The normalized spacial score (nSPS) is 10.4.